The van der Waals surface area contributed by atoms with Crippen LogP contribution in [-0.2, 0) is 11.2 Å². The van der Waals surface area contributed by atoms with Gasteiger partial charge in [-0.2, -0.15) is 0 Å². The van der Waals surface area contributed by atoms with Gasteiger partial charge in [-0.3, -0.25) is 4.79 Å². The van der Waals surface area contributed by atoms with Gasteiger partial charge in [0.1, 0.15) is 11.5 Å². The van der Waals surface area contributed by atoms with Gasteiger partial charge in [0.05, 0.1) is 18.0 Å². The third kappa shape index (κ3) is 5.36. The van der Waals surface area contributed by atoms with E-state index >= 15 is 0 Å². The fourth-order valence-corrected chi connectivity index (χ4v) is 8.28. The molecule has 3 aliphatic rings. The predicted molar refractivity (Wildman–Crippen MR) is 154 cm³/mol. The Labute approximate surface area is 235 Å². The van der Waals surface area contributed by atoms with E-state index in [0.717, 1.165) is 63.7 Å². The molecule has 1 amide bonds. The first kappa shape index (κ1) is 27.5. The van der Waals surface area contributed by atoms with Gasteiger partial charge in [-0.25, -0.2) is 0 Å². The second kappa shape index (κ2) is 11.6. The first-order chi connectivity index (χ1) is 18.3. The monoisotopic (exact) mass is 583 g/mol. The maximum Gasteiger partial charge on any atom is 0.232 e. The number of carbonyl (C=O) groups excluding carboxylic acids is 1. The Morgan fingerprint density at radius 2 is 1.89 bits per heavy atom. The number of aliphatic hydroxyl groups excluding tert-OH is 1. The first-order valence-electron chi connectivity index (χ1n) is 14.3. The molecule has 5 nitrogen and oxygen atoms in total. The van der Waals surface area contributed by atoms with Crippen LogP contribution in [0.3, 0.4) is 0 Å². The van der Waals surface area contributed by atoms with Crippen LogP contribution in [0.2, 0.25) is 0 Å². The van der Waals surface area contributed by atoms with Crippen LogP contribution in [0.4, 0.5) is 0 Å². The van der Waals surface area contributed by atoms with E-state index in [9.17, 15) is 15.0 Å². The summed E-state index contributed by atoms with van der Waals surface area (Å²) in [6.45, 7) is 3.78. The summed E-state index contributed by atoms with van der Waals surface area (Å²) in [4.78, 5) is 13.4. The summed E-state index contributed by atoms with van der Waals surface area (Å²) in [5.41, 5.74) is 3.98. The Morgan fingerprint density at radius 3 is 2.66 bits per heavy atom. The SMILES string of the molecule is CN(CCCCCOc1ccc([C@H]2C[C@]3(C)[C@@H](O)CC[C@H]3[C@@H]3CCc4cc(O)ccc4[C@H]32)cc1)C(=O)CBr. The number of unbranched alkanes of at least 4 members (excludes halogenated alkanes) is 2. The smallest absolute Gasteiger partial charge is 0.232 e. The molecule has 0 aromatic heterocycles. The van der Waals surface area contributed by atoms with Crippen molar-refractivity contribution in [2.75, 3.05) is 25.5 Å². The number of nitrogens with zero attached hydrogens (tertiary/aromatic N) is 1. The zero-order valence-electron chi connectivity index (χ0n) is 22.7. The lowest BCUT2D eigenvalue weighted by Gasteiger charge is -2.54. The van der Waals surface area contributed by atoms with Crippen LogP contribution in [-0.4, -0.2) is 52.7 Å². The van der Waals surface area contributed by atoms with E-state index in [4.69, 9.17) is 4.74 Å². The molecule has 0 radical (unpaired) electrons. The number of halogens is 1. The maximum atomic E-state index is 11.6. The van der Waals surface area contributed by atoms with Crippen LogP contribution >= 0.6 is 15.9 Å². The minimum Gasteiger partial charge on any atom is -0.508 e. The molecule has 3 aliphatic carbocycles. The number of fused-ring (bicyclic) bond motifs is 5. The molecular formula is C32H42BrNO4. The van der Waals surface area contributed by atoms with E-state index in [1.165, 1.54) is 16.7 Å². The van der Waals surface area contributed by atoms with Gasteiger partial charge >= 0.3 is 0 Å². The summed E-state index contributed by atoms with van der Waals surface area (Å²) in [6.07, 6.45) is 7.91. The van der Waals surface area contributed by atoms with Crippen LogP contribution in [0, 0.1) is 17.3 Å². The molecule has 2 aromatic carbocycles. The van der Waals surface area contributed by atoms with Gasteiger partial charge < -0.3 is 19.8 Å². The Balaban J connectivity index is 1.26. The summed E-state index contributed by atoms with van der Waals surface area (Å²) in [5.74, 6) is 3.25. The number of aliphatic hydroxyl groups is 1. The van der Waals surface area contributed by atoms with Crippen LogP contribution in [0.1, 0.15) is 80.4 Å². The molecule has 5 rings (SSSR count). The lowest BCUT2D eigenvalue weighted by Crippen LogP contribution is -2.47. The molecule has 0 bridgehead atoms. The Bertz CT molecular complexity index is 1120. The molecule has 0 unspecified atom stereocenters. The number of benzene rings is 2. The minimum absolute atomic E-state index is 0.0391. The minimum atomic E-state index is -0.225. The number of phenols is 1. The molecule has 38 heavy (non-hydrogen) atoms. The van der Waals surface area contributed by atoms with E-state index in [2.05, 4.69) is 53.2 Å². The van der Waals surface area contributed by atoms with Gasteiger partial charge in [-0.15, -0.1) is 0 Å². The van der Waals surface area contributed by atoms with Gasteiger partial charge in [0.25, 0.3) is 0 Å². The van der Waals surface area contributed by atoms with Crippen molar-refractivity contribution in [1.82, 2.24) is 4.90 Å². The Kier molecular flexibility index (Phi) is 8.39. The van der Waals surface area contributed by atoms with Gasteiger partial charge in [0.2, 0.25) is 5.91 Å². The highest BCUT2D eigenvalue weighted by molar-refractivity contribution is 9.09. The summed E-state index contributed by atoms with van der Waals surface area (Å²) in [5, 5.41) is 21.6. The van der Waals surface area contributed by atoms with E-state index in [-0.39, 0.29) is 17.4 Å². The predicted octanol–water partition coefficient (Wildman–Crippen LogP) is 6.41. The van der Waals surface area contributed by atoms with E-state index in [0.29, 0.717) is 41.4 Å². The fourth-order valence-electron chi connectivity index (χ4n) is 7.85. The van der Waals surface area contributed by atoms with E-state index in [1.54, 1.807) is 4.90 Å². The van der Waals surface area contributed by atoms with E-state index in [1.807, 2.05) is 19.2 Å². The van der Waals surface area contributed by atoms with Crippen LogP contribution in [0.5, 0.6) is 11.5 Å². The normalized spacial score (nSPS) is 29.7. The van der Waals surface area contributed by atoms with Crippen molar-refractivity contribution in [3.8, 4) is 11.5 Å². The number of hydrogen-bond donors (Lipinski definition) is 2. The molecule has 0 heterocycles. The lowest BCUT2D eigenvalue weighted by atomic mass is 9.51. The van der Waals surface area contributed by atoms with Crippen molar-refractivity contribution in [2.45, 2.75) is 76.2 Å². The molecule has 2 fully saturated rings. The quantitative estimate of drug-likeness (QED) is 0.264. The zero-order valence-corrected chi connectivity index (χ0v) is 24.3. The molecule has 0 spiro atoms. The summed E-state index contributed by atoms with van der Waals surface area (Å²) in [6, 6.07) is 14.7. The highest BCUT2D eigenvalue weighted by Gasteiger charge is 2.57. The number of ether oxygens (including phenoxy) is 1. The van der Waals surface area contributed by atoms with Crippen LogP contribution < -0.4 is 4.74 Å². The van der Waals surface area contributed by atoms with Crippen molar-refractivity contribution in [3.63, 3.8) is 0 Å². The molecule has 2 saturated carbocycles. The maximum absolute atomic E-state index is 11.6. The highest BCUT2D eigenvalue weighted by atomic mass is 79.9. The lowest BCUT2D eigenvalue weighted by molar-refractivity contribution is -0.127. The average molecular weight is 585 g/mol. The van der Waals surface area contributed by atoms with Crippen molar-refractivity contribution in [3.05, 3.63) is 59.2 Å². The van der Waals surface area contributed by atoms with Crippen molar-refractivity contribution < 1.29 is 19.7 Å². The molecular weight excluding hydrogens is 542 g/mol. The largest absolute Gasteiger partial charge is 0.508 e. The number of hydrogen-bond acceptors (Lipinski definition) is 4. The van der Waals surface area contributed by atoms with Crippen molar-refractivity contribution in [2.24, 2.45) is 17.3 Å². The third-order valence-corrected chi connectivity index (χ3v) is 10.4. The molecule has 6 heteroatoms. The highest BCUT2D eigenvalue weighted by Crippen LogP contribution is 2.65. The topological polar surface area (TPSA) is 70.0 Å². The van der Waals surface area contributed by atoms with Crippen LogP contribution in [0.25, 0.3) is 0 Å². The summed E-state index contributed by atoms with van der Waals surface area (Å²) in [7, 11) is 1.85. The number of phenolic OH excluding ortho intramolecular Hbond substituents is 1. The number of aryl methyl sites for hydroxylation is 1. The summed E-state index contributed by atoms with van der Waals surface area (Å²) < 4.78 is 6.05. The molecule has 0 aliphatic heterocycles. The van der Waals surface area contributed by atoms with E-state index < -0.39 is 0 Å². The van der Waals surface area contributed by atoms with Gasteiger partial charge in [-0.05, 0) is 121 Å². The van der Waals surface area contributed by atoms with Gasteiger partial charge in [0, 0.05) is 13.6 Å². The second-order valence-corrected chi connectivity index (χ2v) is 12.6. The first-order valence-corrected chi connectivity index (χ1v) is 15.5. The standard InChI is InChI=1S/C32H42BrNO4/c1-32-19-27(21-6-10-24(11-7-21)38-17-5-3-4-16-34(2)30(37)20-33)31-25-13-9-23(35)18-22(25)8-12-26(31)28(32)14-15-29(32)36/h6-7,9-11,13,18,26-29,31,35-36H,3-5,8,12,14-17,19-20H2,1-2H3/t26-,27+,28-,29-,31+,32-/m0/s1. The second-order valence-electron chi connectivity index (χ2n) is 12.1. The number of rotatable bonds is 9. The van der Waals surface area contributed by atoms with Gasteiger partial charge in [0.15, 0.2) is 0 Å². The fraction of sp³-hybridized carbons (Fsp3) is 0.594. The molecule has 6 atom stereocenters. The zero-order chi connectivity index (χ0) is 26.9. The molecule has 206 valence electrons. The number of amides is 1. The van der Waals surface area contributed by atoms with Crippen molar-refractivity contribution >= 4 is 21.8 Å². The number of alkyl halides is 1. The molecule has 2 N–H and O–H groups in total. The average Bonchev–Trinajstić information content (AvgIpc) is 3.23. The van der Waals surface area contributed by atoms with Crippen LogP contribution in [0.15, 0.2) is 42.5 Å². The molecule has 2 aromatic rings. The van der Waals surface area contributed by atoms with Gasteiger partial charge in [-0.1, -0.05) is 41.1 Å². The summed E-state index contributed by atoms with van der Waals surface area (Å²) >= 11 is 3.22. The number of carbonyl (C=O) groups is 1. The number of aromatic hydroxyl groups is 1. The van der Waals surface area contributed by atoms with Crippen molar-refractivity contribution in [1.29, 1.82) is 0 Å². The third-order valence-electron chi connectivity index (χ3n) is 9.92. The Morgan fingerprint density at radius 1 is 1.11 bits per heavy atom. The molecule has 0 saturated heterocycles. The Hall–Kier alpha value is -2.05.